The number of hydrogen-bond donors (Lipinski definition) is 0. The number of amides is 1. The summed E-state index contributed by atoms with van der Waals surface area (Å²) < 4.78 is 42.5. The first-order chi connectivity index (χ1) is 20.2. The molecule has 9 nitrogen and oxygen atoms in total. The Balaban J connectivity index is 1.37. The first kappa shape index (κ1) is 29.2. The van der Waals surface area contributed by atoms with Crippen molar-refractivity contribution in [3.63, 3.8) is 0 Å². The molecule has 4 heterocycles. The lowest BCUT2D eigenvalue weighted by Gasteiger charge is -2.34. The Morgan fingerprint density at radius 1 is 1.10 bits per heavy atom. The van der Waals surface area contributed by atoms with E-state index in [0.29, 0.717) is 52.3 Å². The predicted molar refractivity (Wildman–Crippen MR) is 167 cm³/mol. The van der Waals surface area contributed by atoms with Crippen molar-refractivity contribution < 1.29 is 22.7 Å². The van der Waals surface area contributed by atoms with E-state index in [4.69, 9.17) is 26.8 Å². The van der Waals surface area contributed by atoms with Crippen LogP contribution >= 0.6 is 24.0 Å². The minimum absolute atomic E-state index is 0.00891. The number of carbonyl (C=O) groups is 1. The Morgan fingerprint density at radius 3 is 2.57 bits per heavy atom. The number of sulfonamides is 1. The van der Waals surface area contributed by atoms with Crippen LogP contribution < -0.4 is 0 Å². The molecular formula is C30H32N4O5S3. The average molecular weight is 625 g/mol. The normalized spacial score (nSPS) is 24.7. The third-order valence-corrected chi connectivity index (χ3v) is 10.7. The number of aromatic nitrogens is 2. The van der Waals surface area contributed by atoms with Crippen LogP contribution in [0.3, 0.4) is 0 Å². The maximum absolute atomic E-state index is 13.7. The van der Waals surface area contributed by atoms with Crippen LogP contribution in [0.2, 0.25) is 0 Å². The van der Waals surface area contributed by atoms with E-state index in [1.165, 1.54) is 16.1 Å². The molecule has 3 fully saturated rings. The van der Waals surface area contributed by atoms with Crippen LogP contribution in [0.25, 0.3) is 23.0 Å². The molecule has 12 heteroatoms. The second-order valence-electron chi connectivity index (χ2n) is 10.7. The molecule has 220 valence electrons. The van der Waals surface area contributed by atoms with E-state index in [1.807, 2.05) is 56.4 Å². The molecule has 1 amide bonds. The van der Waals surface area contributed by atoms with Gasteiger partial charge in [-0.2, -0.15) is 9.40 Å². The number of rotatable bonds is 7. The Kier molecular flexibility index (Phi) is 8.36. The van der Waals surface area contributed by atoms with Gasteiger partial charge >= 0.3 is 0 Å². The molecular weight excluding hydrogens is 593 g/mol. The standard InChI is InChI=1S/C30H32N4O5S3/c1-20-16-32(17-21(2)39-20)42(36,37)26-12-6-8-22(14-26)28-23(18-34(31-28)24-9-4-3-5-10-24)15-27-29(35)33(30(40)41-27)19-25-11-7-13-38-25/h3-6,8-10,12,14-15,18,20-21,25H,7,11,13,16-17,19H2,1-2H3/b27-15-. The van der Waals surface area contributed by atoms with Crippen LogP contribution in [0.15, 0.2) is 70.6 Å². The highest BCUT2D eigenvalue weighted by Crippen LogP contribution is 2.36. The summed E-state index contributed by atoms with van der Waals surface area (Å²) in [5.74, 6) is -0.161. The van der Waals surface area contributed by atoms with Crippen LogP contribution in [0.4, 0.5) is 0 Å². The summed E-state index contributed by atoms with van der Waals surface area (Å²) >= 11 is 6.82. The fourth-order valence-electron chi connectivity index (χ4n) is 5.50. The van der Waals surface area contributed by atoms with Gasteiger partial charge < -0.3 is 9.47 Å². The maximum Gasteiger partial charge on any atom is 0.266 e. The number of thioether (sulfide) groups is 1. The van der Waals surface area contributed by atoms with E-state index >= 15 is 0 Å². The van der Waals surface area contributed by atoms with Gasteiger partial charge in [0.1, 0.15) is 10.0 Å². The van der Waals surface area contributed by atoms with E-state index in [9.17, 15) is 13.2 Å². The molecule has 2 aromatic carbocycles. The van der Waals surface area contributed by atoms with Crippen molar-refractivity contribution in [1.29, 1.82) is 0 Å². The smallest absolute Gasteiger partial charge is 0.266 e. The summed E-state index contributed by atoms with van der Waals surface area (Å²) in [6.07, 6.45) is 5.14. The van der Waals surface area contributed by atoms with Crippen molar-refractivity contribution >= 4 is 50.3 Å². The highest BCUT2D eigenvalue weighted by molar-refractivity contribution is 8.26. The van der Waals surface area contributed by atoms with Crippen LogP contribution in [0.5, 0.6) is 0 Å². The van der Waals surface area contributed by atoms with Gasteiger partial charge in [-0.3, -0.25) is 9.69 Å². The van der Waals surface area contributed by atoms with Crippen molar-refractivity contribution in [2.24, 2.45) is 0 Å². The second kappa shape index (κ2) is 12.0. The first-order valence-electron chi connectivity index (χ1n) is 14.0. The van der Waals surface area contributed by atoms with Gasteiger partial charge in [0.05, 0.1) is 40.3 Å². The van der Waals surface area contributed by atoms with Gasteiger partial charge in [-0.1, -0.05) is 54.3 Å². The molecule has 1 aromatic heterocycles. The zero-order valence-corrected chi connectivity index (χ0v) is 25.8. The minimum atomic E-state index is -3.76. The molecule has 0 bridgehead atoms. The molecule has 0 aliphatic carbocycles. The van der Waals surface area contributed by atoms with Crippen molar-refractivity contribution in [3.05, 3.63) is 71.3 Å². The molecule has 6 rings (SSSR count). The Morgan fingerprint density at radius 2 is 1.86 bits per heavy atom. The highest BCUT2D eigenvalue weighted by Gasteiger charge is 2.35. The van der Waals surface area contributed by atoms with Gasteiger partial charge in [-0.05, 0) is 57.0 Å². The van der Waals surface area contributed by atoms with E-state index in [1.54, 1.807) is 33.9 Å². The van der Waals surface area contributed by atoms with Gasteiger partial charge in [0.25, 0.3) is 5.91 Å². The van der Waals surface area contributed by atoms with Gasteiger partial charge in [0.2, 0.25) is 10.0 Å². The van der Waals surface area contributed by atoms with E-state index in [0.717, 1.165) is 18.5 Å². The topological polar surface area (TPSA) is 94.0 Å². The molecule has 0 N–H and O–H groups in total. The average Bonchev–Trinajstić information content (AvgIpc) is 3.71. The lowest BCUT2D eigenvalue weighted by atomic mass is 10.1. The van der Waals surface area contributed by atoms with Crippen molar-refractivity contribution in [2.75, 3.05) is 26.2 Å². The van der Waals surface area contributed by atoms with Gasteiger partial charge in [0, 0.05) is 37.0 Å². The van der Waals surface area contributed by atoms with Crippen molar-refractivity contribution in [1.82, 2.24) is 19.0 Å². The van der Waals surface area contributed by atoms with Gasteiger partial charge in [-0.25, -0.2) is 13.1 Å². The largest absolute Gasteiger partial charge is 0.376 e. The molecule has 42 heavy (non-hydrogen) atoms. The third-order valence-electron chi connectivity index (χ3n) is 7.47. The van der Waals surface area contributed by atoms with Crippen molar-refractivity contribution in [2.45, 2.75) is 49.9 Å². The zero-order chi connectivity index (χ0) is 29.4. The lowest BCUT2D eigenvalue weighted by Crippen LogP contribution is -2.48. The molecule has 3 aromatic rings. The Bertz CT molecular complexity index is 1620. The summed E-state index contributed by atoms with van der Waals surface area (Å²) in [6.45, 7) is 5.48. The van der Waals surface area contributed by atoms with E-state index < -0.39 is 10.0 Å². The lowest BCUT2D eigenvalue weighted by molar-refractivity contribution is -0.123. The van der Waals surface area contributed by atoms with Gasteiger partial charge in [0.15, 0.2) is 0 Å². The molecule has 0 spiro atoms. The minimum Gasteiger partial charge on any atom is -0.376 e. The Labute approximate surface area is 255 Å². The fraction of sp³-hybridized carbons (Fsp3) is 0.367. The SMILES string of the molecule is CC1CN(S(=O)(=O)c2cccc(-c3nn(-c4ccccc4)cc3/C=C3\SC(=S)N(CC4CCCO4)C3=O)c2)CC(C)O1. The number of para-hydroxylation sites is 1. The molecule has 3 aliphatic heterocycles. The molecule has 3 aliphatic rings. The number of benzene rings is 2. The van der Waals surface area contributed by atoms with Crippen LogP contribution in [0.1, 0.15) is 32.3 Å². The maximum atomic E-state index is 13.7. The van der Waals surface area contributed by atoms with Crippen LogP contribution in [-0.4, -0.2) is 82.2 Å². The molecule has 3 atom stereocenters. The van der Waals surface area contributed by atoms with E-state index in [-0.39, 0.29) is 29.1 Å². The number of hydrogen-bond acceptors (Lipinski definition) is 8. The third kappa shape index (κ3) is 5.97. The number of carbonyl (C=O) groups excluding carboxylic acids is 1. The van der Waals surface area contributed by atoms with E-state index in [2.05, 4.69) is 0 Å². The number of nitrogens with zero attached hydrogens (tertiary/aromatic N) is 4. The number of ether oxygens (including phenoxy) is 2. The second-order valence-corrected chi connectivity index (χ2v) is 14.4. The molecule has 3 unspecified atom stereocenters. The summed E-state index contributed by atoms with van der Waals surface area (Å²) in [4.78, 5) is 15.7. The van der Waals surface area contributed by atoms with Crippen molar-refractivity contribution in [3.8, 4) is 16.9 Å². The number of thiocarbonyl (C=S) groups is 1. The van der Waals surface area contributed by atoms with Crippen LogP contribution in [0, 0.1) is 0 Å². The number of morpholine rings is 1. The summed E-state index contributed by atoms with van der Waals surface area (Å²) in [5, 5.41) is 4.86. The summed E-state index contributed by atoms with van der Waals surface area (Å²) in [7, 11) is -3.76. The quantitative estimate of drug-likeness (QED) is 0.276. The summed E-state index contributed by atoms with van der Waals surface area (Å²) in [5.41, 5.74) is 2.70. The zero-order valence-electron chi connectivity index (χ0n) is 23.4. The predicted octanol–water partition coefficient (Wildman–Crippen LogP) is 4.72. The molecule has 0 saturated carbocycles. The Hall–Kier alpha value is -2.87. The monoisotopic (exact) mass is 624 g/mol. The molecule has 3 saturated heterocycles. The van der Waals surface area contributed by atoms with Gasteiger partial charge in [-0.15, -0.1) is 0 Å². The summed E-state index contributed by atoms with van der Waals surface area (Å²) in [6, 6.07) is 16.4. The first-order valence-corrected chi connectivity index (χ1v) is 16.6. The molecule has 0 radical (unpaired) electrons. The van der Waals surface area contributed by atoms with Crippen LogP contribution in [-0.2, 0) is 24.3 Å². The highest BCUT2D eigenvalue weighted by atomic mass is 32.2. The fourth-order valence-corrected chi connectivity index (χ4v) is 8.40.